The molecule has 0 saturated heterocycles. The van der Waals surface area contributed by atoms with Crippen molar-refractivity contribution in [2.45, 2.75) is 0 Å². The summed E-state index contributed by atoms with van der Waals surface area (Å²) in [5, 5.41) is 0. The maximum atomic E-state index is 12.9. The van der Waals surface area contributed by atoms with E-state index in [1.807, 2.05) is 0 Å². The van der Waals surface area contributed by atoms with Crippen molar-refractivity contribution in [2.24, 2.45) is 0 Å². The number of rotatable bonds is 2. The SMILES string of the molecule is Fc1cc(/C=C/c2cc(F)c(F)c(F)c2)cc(F)c1F. The lowest BCUT2D eigenvalue weighted by Crippen LogP contribution is -1.92. The van der Waals surface area contributed by atoms with E-state index in [0.717, 1.165) is 12.2 Å². The van der Waals surface area contributed by atoms with Crippen LogP contribution >= 0.6 is 0 Å². The minimum atomic E-state index is -1.61. The first-order valence-electron chi connectivity index (χ1n) is 5.35. The van der Waals surface area contributed by atoms with Gasteiger partial charge in [-0.05, 0) is 35.4 Å². The topological polar surface area (TPSA) is 0 Å². The Labute approximate surface area is 110 Å². The zero-order valence-electron chi connectivity index (χ0n) is 9.73. The van der Waals surface area contributed by atoms with Gasteiger partial charge in [-0.1, -0.05) is 12.2 Å². The standard InChI is InChI=1S/C14H6F6/c15-9-3-7(4-10(16)13(9)19)1-2-8-5-11(17)14(20)12(18)6-8/h1-6H/b2-1+. The van der Waals surface area contributed by atoms with Crippen molar-refractivity contribution in [3.05, 3.63) is 70.3 Å². The van der Waals surface area contributed by atoms with Gasteiger partial charge >= 0.3 is 0 Å². The summed E-state index contributed by atoms with van der Waals surface area (Å²) in [6, 6.07) is 2.85. The lowest BCUT2D eigenvalue weighted by Gasteiger charge is -2.00. The quantitative estimate of drug-likeness (QED) is 0.427. The minimum Gasteiger partial charge on any atom is -0.204 e. The Bertz CT molecular complexity index is 585. The molecule has 0 aliphatic rings. The summed E-state index contributed by atoms with van der Waals surface area (Å²) in [6.45, 7) is 0. The van der Waals surface area contributed by atoms with Gasteiger partial charge in [-0.2, -0.15) is 0 Å². The van der Waals surface area contributed by atoms with E-state index in [-0.39, 0.29) is 11.1 Å². The van der Waals surface area contributed by atoms with Crippen LogP contribution in [0.3, 0.4) is 0 Å². The minimum absolute atomic E-state index is 0.0495. The summed E-state index contributed by atoms with van der Waals surface area (Å²) in [5.74, 6) is -8.77. The fourth-order valence-corrected chi connectivity index (χ4v) is 1.54. The molecule has 20 heavy (non-hydrogen) atoms. The average molecular weight is 288 g/mol. The van der Waals surface area contributed by atoms with E-state index in [1.165, 1.54) is 0 Å². The Morgan fingerprint density at radius 2 is 0.750 bits per heavy atom. The van der Waals surface area contributed by atoms with Crippen molar-refractivity contribution in [3.63, 3.8) is 0 Å². The molecule has 0 amide bonds. The van der Waals surface area contributed by atoms with Crippen LogP contribution in [0.1, 0.15) is 11.1 Å². The van der Waals surface area contributed by atoms with Gasteiger partial charge in [-0.25, -0.2) is 26.3 Å². The van der Waals surface area contributed by atoms with Crippen molar-refractivity contribution in [2.75, 3.05) is 0 Å². The van der Waals surface area contributed by atoms with Crippen LogP contribution in [0.15, 0.2) is 24.3 Å². The molecule has 0 radical (unpaired) electrons. The molecular formula is C14H6F6. The summed E-state index contributed by atoms with van der Waals surface area (Å²) in [6.07, 6.45) is 2.22. The highest BCUT2D eigenvalue weighted by Crippen LogP contribution is 2.18. The van der Waals surface area contributed by atoms with E-state index < -0.39 is 34.9 Å². The predicted octanol–water partition coefficient (Wildman–Crippen LogP) is 4.69. The average Bonchev–Trinajstić information content (AvgIpc) is 2.39. The molecule has 104 valence electrons. The Kier molecular flexibility index (Phi) is 3.83. The fourth-order valence-electron chi connectivity index (χ4n) is 1.54. The normalized spacial score (nSPS) is 11.3. The number of hydrogen-bond acceptors (Lipinski definition) is 0. The van der Waals surface area contributed by atoms with Crippen LogP contribution in [-0.2, 0) is 0 Å². The molecular weight excluding hydrogens is 282 g/mol. The Morgan fingerprint density at radius 3 is 1.00 bits per heavy atom. The van der Waals surface area contributed by atoms with E-state index >= 15 is 0 Å². The number of hydrogen-bond donors (Lipinski definition) is 0. The highest BCUT2D eigenvalue weighted by molar-refractivity contribution is 5.69. The summed E-state index contributed by atoms with van der Waals surface area (Å²) >= 11 is 0. The third-order valence-electron chi connectivity index (χ3n) is 2.48. The highest BCUT2D eigenvalue weighted by atomic mass is 19.2. The van der Waals surface area contributed by atoms with Crippen molar-refractivity contribution >= 4 is 12.2 Å². The number of halogens is 6. The zero-order chi connectivity index (χ0) is 14.9. The largest absolute Gasteiger partial charge is 0.204 e. The predicted molar refractivity (Wildman–Crippen MR) is 61.6 cm³/mol. The van der Waals surface area contributed by atoms with Gasteiger partial charge in [0.15, 0.2) is 34.9 Å². The van der Waals surface area contributed by atoms with Gasteiger partial charge in [0.1, 0.15) is 0 Å². The second kappa shape index (κ2) is 5.40. The summed E-state index contributed by atoms with van der Waals surface area (Å²) in [5.41, 5.74) is -0.0990. The first kappa shape index (κ1) is 14.2. The Balaban J connectivity index is 2.35. The summed E-state index contributed by atoms with van der Waals surface area (Å²) in [7, 11) is 0. The van der Waals surface area contributed by atoms with Crippen molar-refractivity contribution < 1.29 is 26.3 Å². The van der Waals surface area contributed by atoms with Crippen LogP contribution in [0.25, 0.3) is 12.2 Å². The van der Waals surface area contributed by atoms with E-state index in [2.05, 4.69) is 0 Å². The van der Waals surface area contributed by atoms with E-state index in [0.29, 0.717) is 24.3 Å². The second-order valence-electron chi connectivity index (χ2n) is 3.93. The first-order valence-corrected chi connectivity index (χ1v) is 5.35. The molecule has 0 aromatic heterocycles. The third-order valence-corrected chi connectivity index (χ3v) is 2.48. The van der Waals surface area contributed by atoms with Gasteiger partial charge in [0.25, 0.3) is 0 Å². The maximum absolute atomic E-state index is 12.9. The summed E-state index contributed by atoms with van der Waals surface area (Å²) in [4.78, 5) is 0. The van der Waals surface area contributed by atoms with E-state index in [9.17, 15) is 26.3 Å². The molecule has 2 aromatic rings. The van der Waals surface area contributed by atoms with Gasteiger partial charge in [-0.3, -0.25) is 0 Å². The molecule has 0 nitrogen and oxygen atoms in total. The lowest BCUT2D eigenvalue weighted by molar-refractivity contribution is 0.446. The molecule has 0 fully saturated rings. The smallest absolute Gasteiger partial charge is 0.194 e. The van der Waals surface area contributed by atoms with Crippen LogP contribution in [0, 0.1) is 34.9 Å². The lowest BCUT2D eigenvalue weighted by atomic mass is 10.1. The van der Waals surface area contributed by atoms with Gasteiger partial charge < -0.3 is 0 Å². The van der Waals surface area contributed by atoms with E-state index in [1.54, 1.807) is 0 Å². The van der Waals surface area contributed by atoms with Gasteiger partial charge in [0, 0.05) is 0 Å². The highest BCUT2D eigenvalue weighted by Gasteiger charge is 2.10. The molecule has 0 N–H and O–H groups in total. The molecule has 0 unspecified atom stereocenters. The fraction of sp³-hybridized carbons (Fsp3) is 0. The molecule has 6 heteroatoms. The van der Waals surface area contributed by atoms with Crippen molar-refractivity contribution in [1.82, 2.24) is 0 Å². The molecule has 0 heterocycles. The second-order valence-corrected chi connectivity index (χ2v) is 3.93. The first-order chi connectivity index (χ1) is 9.38. The summed E-state index contributed by atoms with van der Waals surface area (Å²) < 4.78 is 77.1. The maximum Gasteiger partial charge on any atom is 0.194 e. The Morgan fingerprint density at radius 1 is 0.500 bits per heavy atom. The molecule has 0 bridgehead atoms. The third kappa shape index (κ3) is 2.84. The zero-order valence-corrected chi connectivity index (χ0v) is 9.73. The number of benzene rings is 2. The molecule has 0 aliphatic heterocycles. The van der Waals surface area contributed by atoms with Crippen LogP contribution in [0.4, 0.5) is 26.3 Å². The molecule has 0 saturated carbocycles. The Hall–Kier alpha value is -2.24. The van der Waals surface area contributed by atoms with Gasteiger partial charge in [-0.15, -0.1) is 0 Å². The molecule has 0 spiro atoms. The molecule has 0 atom stereocenters. The molecule has 0 aliphatic carbocycles. The van der Waals surface area contributed by atoms with Gasteiger partial charge in [0.2, 0.25) is 0 Å². The van der Waals surface area contributed by atoms with E-state index in [4.69, 9.17) is 0 Å². The molecule has 2 aromatic carbocycles. The monoisotopic (exact) mass is 288 g/mol. The van der Waals surface area contributed by atoms with Gasteiger partial charge in [0.05, 0.1) is 0 Å². The van der Waals surface area contributed by atoms with Crippen LogP contribution < -0.4 is 0 Å². The molecule has 2 rings (SSSR count). The van der Waals surface area contributed by atoms with Crippen LogP contribution in [0.2, 0.25) is 0 Å². The van der Waals surface area contributed by atoms with Crippen molar-refractivity contribution in [3.8, 4) is 0 Å². The van der Waals surface area contributed by atoms with Crippen molar-refractivity contribution in [1.29, 1.82) is 0 Å². The van der Waals surface area contributed by atoms with Crippen LogP contribution in [0.5, 0.6) is 0 Å². The van der Waals surface area contributed by atoms with Crippen LogP contribution in [-0.4, -0.2) is 0 Å².